The highest BCUT2D eigenvalue weighted by Gasteiger charge is 2.26. The first-order valence-corrected chi connectivity index (χ1v) is 10.5. The zero-order valence-corrected chi connectivity index (χ0v) is 17.1. The molecule has 0 aliphatic heterocycles. The average Bonchev–Trinajstić information content (AvgIpc) is 3.11. The number of aromatic hydroxyl groups is 2. The average molecular weight is 393 g/mol. The zero-order chi connectivity index (χ0) is 20.4. The second-order valence-corrected chi connectivity index (χ2v) is 8.01. The number of fused-ring (bicyclic) bond motifs is 1. The topological polar surface area (TPSA) is 94.9 Å². The lowest BCUT2D eigenvalue weighted by molar-refractivity contribution is 0.428. The summed E-state index contributed by atoms with van der Waals surface area (Å²) in [5, 5.41) is 22.2. The first-order chi connectivity index (χ1) is 14.1. The largest absolute Gasteiger partial charge is 0.507 e. The number of allylic oxidation sites excluding steroid dienone is 2. The number of hydrogen-bond donors (Lipinski definition) is 3. The Morgan fingerprint density at radius 2 is 2.10 bits per heavy atom. The number of phenols is 2. The van der Waals surface area contributed by atoms with Crippen molar-refractivity contribution in [1.29, 1.82) is 0 Å². The van der Waals surface area contributed by atoms with Gasteiger partial charge in [0, 0.05) is 11.5 Å². The van der Waals surface area contributed by atoms with Crippen molar-refractivity contribution in [3.8, 4) is 22.9 Å². The van der Waals surface area contributed by atoms with E-state index in [0.29, 0.717) is 22.6 Å². The lowest BCUT2D eigenvalue weighted by Gasteiger charge is -2.24. The van der Waals surface area contributed by atoms with E-state index in [-0.39, 0.29) is 17.4 Å². The van der Waals surface area contributed by atoms with Gasteiger partial charge in [0.25, 0.3) is 0 Å². The van der Waals surface area contributed by atoms with Gasteiger partial charge in [-0.15, -0.1) is 0 Å². The summed E-state index contributed by atoms with van der Waals surface area (Å²) in [4.78, 5) is 16.1. The molecule has 3 N–H and O–H groups in total. The van der Waals surface area contributed by atoms with Gasteiger partial charge in [-0.25, -0.2) is 15.0 Å². The molecule has 0 radical (unpaired) electrons. The first kappa shape index (κ1) is 19.4. The van der Waals surface area contributed by atoms with Crippen molar-refractivity contribution in [3.63, 3.8) is 0 Å². The number of nitrogens with zero attached hydrogens (tertiary/aromatic N) is 3. The number of aromatic amines is 1. The molecule has 1 atom stereocenters. The van der Waals surface area contributed by atoms with Gasteiger partial charge in [-0.1, -0.05) is 31.4 Å². The number of rotatable bonds is 6. The van der Waals surface area contributed by atoms with Crippen LogP contribution in [0.2, 0.25) is 0 Å². The molecule has 0 saturated carbocycles. The van der Waals surface area contributed by atoms with E-state index in [1.165, 1.54) is 11.9 Å². The van der Waals surface area contributed by atoms with Gasteiger partial charge in [-0.2, -0.15) is 0 Å². The molecule has 0 saturated heterocycles. The number of hydrogen-bond acceptors (Lipinski definition) is 5. The van der Waals surface area contributed by atoms with Crippen LogP contribution in [0.5, 0.6) is 11.5 Å². The van der Waals surface area contributed by atoms with Crippen molar-refractivity contribution in [3.05, 3.63) is 41.4 Å². The van der Waals surface area contributed by atoms with Crippen LogP contribution in [0.15, 0.2) is 30.2 Å². The Morgan fingerprint density at radius 3 is 2.86 bits per heavy atom. The van der Waals surface area contributed by atoms with Crippen molar-refractivity contribution >= 4 is 11.2 Å². The van der Waals surface area contributed by atoms with Crippen LogP contribution in [-0.4, -0.2) is 30.1 Å². The van der Waals surface area contributed by atoms with E-state index in [2.05, 4.69) is 39.9 Å². The van der Waals surface area contributed by atoms with Crippen molar-refractivity contribution < 1.29 is 10.2 Å². The van der Waals surface area contributed by atoms with Gasteiger partial charge >= 0.3 is 0 Å². The third-order valence-electron chi connectivity index (χ3n) is 5.79. The highest BCUT2D eigenvalue weighted by molar-refractivity contribution is 5.80. The quantitative estimate of drug-likeness (QED) is 0.387. The maximum absolute atomic E-state index is 11.3. The van der Waals surface area contributed by atoms with E-state index in [4.69, 9.17) is 0 Å². The van der Waals surface area contributed by atoms with Crippen molar-refractivity contribution in [1.82, 2.24) is 19.9 Å². The van der Waals surface area contributed by atoms with Crippen LogP contribution in [0.1, 0.15) is 69.4 Å². The van der Waals surface area contributed by atoms with Crippen LogP contribution < -0.4 is 0 Å². The van der Waals surface area contributed by atoms with Crippen molar-refractivity contribution in [2.75, 3.05) is 0 Å². The van der Waals surface area contributed by atoms with Crippen molar-refractivity contribution in [2.24, 2.45) is 0 Å². The molecule has 1 aliphatic rings. The maximum Gasteiger partial charge on any atom is 0.181 e. The fourth-order valence-corrected chi connectivity index (χ4v) is 4.33. The molecule has 4 rings (SSSR count). The van der Waals surface area contributed by atoms with Gasteiger partial charge in [0.1, 0.15) is 29.2 Å². The standard InChI is InChI=1S/C23H28N4O2/c1-3-4-5-8-16-11-18(28)19(15-9-6-7-14(2)10-15)21(29)20(16)23-26-17-12-24-13-25-22(17)27-23/h10-13,15,28-29H,3-9H2,1-2H3,(H,24,25,26,27). The number of benzene rings is 1. The molecule has 29 heavy (non-hydrogen) atoms. The molecule has 1 unspecified atom stereocenters. The van der Waals surface area contributed by atoms with Gasteiger partial charge in [-0.05, 0) is 50.7 Å². The molecule has 152 valence electrons. The molecule has 6 nitrogen and oxygen atoms in total. The summed E-state index contributed by atoms with van der Waals surface area (Å²) in [7, 11) is 0. The molecular formula is C23H28N4O2. The summed E-state index contributed by atoms with van der Waals surface area (Å²) in [6.45, 7) is 4.27. The van der Waals surface area contributed by atoms with Crippen LogP contribution in [0.3, 0.4) is 0 Å². The van der Waals surface area contributed by atoms with Gasteiger partial charge in [-0.3, -0.25) is 0 Å². The zero-order valence-electron chi connectivity index (χ0n) is 17.1. The minimum absolute atomic E-state index is 0.0105. The molecule has 0 fully saturated rings. The van der Waals surface area contributed by atoms with E-state index in [0.717, 1.165) is 56.0 Å². The second-order valence-electron chi connectivity index (χ2n) is 8.01. The Labute approximate surface area is 170 Å². The molecule has 1 aliphatic carbocycles. The molecule has 6 heteroatoms. The highest BCUT2D eigenvalue weighted by atomic mass is 16.3. The summed E-state index contributed by atoms with van der Waals surface area (Å²) in [6.07, 6.45) is 12.3. The Bertz CT molecular complexity index is 1020. The molecule has 3 aromatic rings. The molecule has 2 heterocycles. The summed E-state index contributed by atoms with van der Waals surface area (Å²) in [5.74, 6) is 0.877. The summed E-state index contributed by atoms with van der Waals surface area (Å²) in [5.41, 5.74) is 4.77. The van der Waals surface area contributed by atoms with E-state index < -0.39 is 0 Å². The summed E-state index contributed by atoms with van der Waals surface area (Å²) in [6, 6.07) is 1.82. The maximum atomic E-state index is 11.3. The summed E-state index contributed by atoms with van der Waals surface area (Å²) >= 11 is 0. The van der Waals surface area contributed by atoms with E-state index in [1.807, 2.05) is 6.07 Å². The van der Waals surface area contributed by atoms with E-state index in [1.54, 1.807) is 6.20 Å². The predicted molar refractivity (Wildman–Crippen MR) is 114 cm³/mol. The first-order valence-electron chi connectivity index (χ1n) is 10.5. The Morgan fingerprint density at radius 1 is 1.24 bits per heavy atom. The number of unbranched alkanes of at least 4 members (excludes halogenated alkanes) is 2. The number of nitrogens with one attached hydrogen (secondary N) is 1. The highest BCUT2D eigenvalue weighted by Crippen LogP contribution is 2.47. The molecule has 2 aromatic heterocycles. The van der Waals surface area contributed by atoms with Crippen LogP contribution in [0.4, 0.5) is 0 Å². The fraction of sp³-hybridized carbons (Fsp3) is 0.435. The molecule has 0 spiro atoms. The Kier molecular flexibility index (Phi) is 5.51. The minimum atomic E-state index is 0.0105. The van der Waals surface area contributed by atoms with Gasteiger partial charge < -0.3 is 15.2 Å². The third-order valence-corrected chi connectivity index (χ3v) is 5.79. The number of phenolic OH excluding ortho intramolecular Hbond substituents is 2. The Hall–Kier alpha value is -2.89. The van der Waals surface area contributed by atoms with Crippen LogP contribution in [-0.2, 0) is 6.42 Å². The molecule has 1 aromatic carbocycles. The summed E-state index contributed by atoms with van der Waals surface area (Å²) < 4.78 is 0. The molecular weight excluding hydrogens is 364 g/mol. The molecule has 0 amide bonds. The minimum Gasteiger partial charge on any atom is -0.507 e. The SMILES string of the molecule is CCCCCc1cc(O)c(C2C=C(C)CCC2)c(O)c1-c1nc2ncncc2[nH]1. The fourth-order valence-electron chi connectivity index (χ4n) is 4.33. The number of H-pyrrole nitrogens is 1. The normalized spacial score (nSPS) is 16.9. The Balaban J connectivity index is 1.87. The van der Waals surface area contributed by atoms with Gasteiger partial charge in [0.05, 0.1) is 11.8 Å². The van der Waals surface area contributed by atoms with Crippen LogP contribution in [0.25, 0.3) is 22.6 Å². The lowest BCUT2D eigenvalue weighted by Crippen LogP contribution is -2.05. The van der Waals surface area contributed by atoms with Crippen LogP contribution in [0, 0.1) is 0 Å². The van der Waals surface area contributed by atoms with Crippen molar-refractivity contribution in [2.45, 2.75) is 64.7 Å². The lowest BCUT2D eigenvalue weighted by atomic mass is 9.83. The van der Waals surface area contributed by atoms with Gasteiger partial charge in [0.15, 0.2) is 5.65 Å². The monoisotopic (exact) mass is 392 g/mol. The molecule has 0 bridgehead atoms. The predicted octanol–water partition coefficient (Wildman–Crippen LogP) is 5.38. The van der Waals surface area contributed by atoms with Gasteiger partial charge in [0.2, 0.25) is 0 Å². The third kappa shape index (κ3) is 3.84. The number of aromatic nitrogens is 4. The number of imidazole rings is 1. The second kappa shape index (κ2) is 8.23. The van der Waals surface area contributed by atoms with E-state index in [9.17, 15) is 10.2 Å². The smallest absolute Gasteiger partial charge is 0.181 e. The van der Waals surface area contributed by atoms with E-state index >= 15 is 0 Å². The number of aryl methyl sites for hydroxylation is 1. The van der Waals surface area contributed by atoms with Crippen LogP contribution >= 0.6 is 0 Å².